The summed E-state index contributed by atoms with van der Waals surface area (Å²) in [6, 6.07) is 18.4. The van der Waals surface area contributed by atoms with Gasteiger partial charge in [0.2, 0.25) is 0 Å². The van der Waals surface area contributed by atoms with Gasteiger partial charge < -0.3 is 9.88 Å². The standard InChI is InChI=1S/C22H18N6/c1-28-11-9-16-2-3-17(12-20(16)28)22-23-10-8-21(27-22)26-19-6-4-15(5-7-19)18-13-24-25-14-18/h2-14H,1H3,(H,24,25)(H,23,26,27). The van der Waals surface area contributed by atoms with Crippen molar-refractivity contribution in [3.8, 4) is 22.5 Å². The normalized spacial score (nSPS) is 11.0. The van der Waals surface area contributed by atoms with E-state index in [4.69, 9.17) is 0 Å². The van der Waals surface area contributed by atoms with Gasteiger partial charge in [-0.05, 0) is 41.3 Å². The van der Waals surface area contributed by atoms with Gasteiger partial charge in [0.25, 0.3) is 0 Å². The van der Waals surface area contributed by atoms with E-state index in [2.05, 4.69) is 72.6 Å². The third kappa shape index (κ3) is 3.01. The summed E-state index contributed by atoms with van der Waals surface area (Å²) in [4.78, 5) is 9.13. The van der Waals surface area contributed by atoms with Crippen LogP contribution in [0.4, 0.5) is 11.5 Å². The molecule has 0 amide bonds. The van der Waals surface area contributed by atoms with Crippen LogP contribution >= 0.6 is 0 Å². The van der Waals surface area contributed by atoms with Crippen LogP contribution in [0.2, 0.25) is 0 Å². The van der Waals surface area contributed by atoms with Crippen LogP contribution in [0.5, 0.6) is 0 Å². The molecule has 0 saturated heterocycles. The van der Waals surface area contributed by atoms with Gasteiger partial charge >= 0.3 is 0 Å². The number of nitrogens with one attached hydrogen (secondary N) is 2. The summed E-state index contributed by atoms with van der Waals surface area (Å²) in [5, 5.41) is 11.4. The van der Waals surface area contributed by atoms with E-state index < -0.39 is 0 Å². The first kappa shape index (κ1) is 16.3. The number of anilines is 2. The highest BCUT2D eigenvalue weighted by molar-refractivity contribution is 5.84. The largest absolute Gasteiger partial charge is 0.351 e. The number of fused-ring (bicyclic) bond motifs is 1. The van der Waals surface area contributed by atoms with Gasteiger partial charge in [-0.15, -0.1) is 0 Å². The van der Waals surface area contributed by atoms with Gasteiger partial charge in [0, 0.05) is 48.0 Å². The molecule has 0 unspecified atom stereocenters. The van der Waals surface area contributed by atoms with Crippen molar-refractivity contribution >= 4 is 22.4 Å². The predicted octanol–water partition coefficient (Wildman–Crippen LogP) is 4.77. The molecule has 6 heteroatoms. The minimum absolute atomic E-state index is 0.697. The van der Waals surface area contributed by atoms with Crippen LogP contribution < -0.4 is 5.32 Å². The zero-order chi connectivity index (χ0) is 18.9. The molecule has 2 N–H and O–H groups in total. The van der Waals surface area contributed by atoms with Gasteiger partial charge in [-0.2, -0.15) is 5.10 Å². The summed E-state index contributed by atoms with van der Waals surface area (Å²) in [5.41, 5.74) is 5.29. The van der Waals surface area contributed by atoms with E-state index in [9.17, 15) is 0 Å². The Kier molecular flexibility index (Phi) is 3.87. The molecule has 136 valence electrons. The monoisotopic (exact) mass is 366 g/mol. The third-order valence-electron chi connectivity index (χ3n) is 4.79. The minimum atomic E-state index is 0.697. The molecular formula is C22H18N6. The van der Waals surface area contributed by atoms with E-state index in [-0.39, 0.29) is 0 Å². The minimum Gasteiger partial charge on any atom is -0.351 e. The fourth-order valence-electron chi connectivity index (χ4n) is 3.27. The van der Waals surface area contributed by atoms with Crippen LogP contribution in [0.15, 0.2) is 79.4 Å². The van der Waals surface area contributed by atoms with E-state index in [0.29, 0.717) is 5.82 Å². The van der Waals surface area contributed by atoms with E-state index in [1.54, 1.807) is 6.20 Å². The Balaban J connectivity index is 1.41. The number of rotatable bonds is 4. The molecular weight excluding hydrogens is 348 g/mol. The molecule has 2 aromatic carbocycles. The number of benzene rings is 2. The van der Waals surface area contributed by atoms with Crippen molar-refractivity contribution in [3.05, 3.63) is 79.4 Å². The molecule has 0 radical (unpaired) electrons. The quantitative estimate of drug-likeness (QED) is 0.481. The third-order valence-corrected chi connectivity index (χ3v) is 4.79. The molecule has 0 bridgehead atoms. The van der Waals surface area contributed by atoms with Crippen LogP contribution in [-0.4, -0.2) is 24.7 Å². The fraction of sp³-hybridized carbons (Fsp3) is 0.0455. The summed E-state index contributed by atoms with van der Waals surface area (Å²) < 4.78 is 2.10. The average molecular weight is 366 g/mol. The molecule has 0 aliphatic carbocycles. The Morgan fingerprint density at radius 2 is 1.79 bits per heavy atom. The Hall–Kier alpha value is -3.93. The topological polar surface area (TPSA) is 71.4 Å². The maximum atomic E-state index is 4.68. The lowest BCUT2D eigenvalue weighted by atomic mass is 10.1. The molecule has 0 aliphatic heterocycles. The molecule has 28 heavy (non-hydrogen) atoms. The van der Waals surface area contributed by atoms with Gasteiger partial charge in [0.1, 0.15) is 5.82 Å². The van der Waals surface area contributed by atoms with Crippen LogP contribution in [-0.2, 0) is 7.05 Å². The van der Waals surface area contributed by atoms with Crippen LogP contribution in [0.1, 0.15) is 0 Å². The molecule has 0 fully saturated rings. The van der Waals surface area contributed by atoms with Crippen molar-refractivity contribution in [3.63, 3.8) is 0 Å². The second-order valence-electron chi connectivity index (χ2n) is 6.66. The van der Waals surface area contributed by atoms with Crippen LogP contribution in [0.3, 0.4) is 0 Å². The first-order valence-electron chi connectivity index (χ1n) is 9.01. The maximum absolute atomic E-state index is 4.68. The molecule has 0 spiro atoms. The molecule has 6 nitrogen and oxygen atoms in total. The Bertz CT molecular complexity index is 1240. The summed E-state index contributed by atoms with van der Waals surface area (Å²) in [6.45, 7) is 0. The van der Waals surface area contributed by atoms with Crippen molar-refractivity contribution in [2.24, 2.45) is 7.05 Å². The van der Waals surface area contributed by atoms with Gasteiger partial charge in [-0.3, -0.25) is 5.10 Å². The predicted molar refractivity (Wildman–Crippen MR) is 111 cm³/mol. The maximum Gasteiger partial charge on any atom is 0.161 e. The van der Waals surface area contributed by atoms with Crippen molar-refractivity contribution in [2.45, 2.75) is 0 Å². The SMILES string of the molecule is Cn1ccc2ccc(-c3nccc(Nc4ccc(-c5cn[nH]c5)cc4)n3)cc21. The number of aryl methyl sites for hydroxylation is 1. The lowest BCUT2D eigenvalue weighted by Gasteiger charge is -2.08. The summed E-state index contributed by atoms with van der Waals surface area (Å²) in [7, 11) is 2.04. The molecule has 5 rings (SSSR count). The number of hydrogen-bond donors (Lipinski definition) is 2. The van der Waals surface area contributed by atoms with Gasteiger partial charge in [-0.25, -0.2) is 9.97 Å². The van der Waals surface area contributed by atoms with E-state index in [1.165, 1.54) is 5.39 Å². The second-order valence-corrected chi connectivity index (χ2v) is 6.66. The molecule has 5 aromatic rings. The fourth-order valence-corrected chi connectivity index (χ4v) is 3.27. The lowest BCUT2D eigenvalue weighted by Crippen LogP contribution is -1.97. The number of nitrogens with zero attached hydrogens (tertiary/aromatic N) is 4. The molecule has 3 heterocycles. The first-order valence-corrected chi connectivity index (χ1v) is 9.01. The first-order chi connectivity index (χ1) is 13.8. The molecule has 3 aromatic heterocycles. The Morgan fingerprint density at radius 3 is 2.61 bits per heavy atom. The van der Waals surface area contributed by atoms with E-state index in [0.717, 1.165) is 33.7 Å². The second kappa shape index (κ2) is 6.66. The highest BCUT2D eigenvalue weighted by Crippen LogP contribution is 2.25. The zero-order valence-electron chi connectivity index (χ0n) is 15.3. The highest BCUT2D eigenvalue weighted by Gasteiger charge is 2.06. The van der Waals surface area contributed by atoms with E-state index >= 15 is 0 Å². The molecule has 0 aliphatic rings. The summed E-state index contributed by atoms with van der Waals surface area (Å²) >= 11 is 0. The Morgan fingerprint density at radius 1 is 0.929 bits per heavy atom. The number of H-pyrrole nitrogens is 1. The van der Waals surface area contributed by atoms with Gasteiger partial charge in [0.05, 0.1) is 6.20 Å². The van der Waals surface area contributed by atoms with Gasteiger partial charge in [-0.1, -0.05) is 24.3 Å². The lowest BCUT2D eigenvalue weighted by molar-refractivity contribution is 0.969. The Labute approximate surface area is 161 Å². The zero-order valence-corrected chi connectivity index (χ0v) is 15.3. The average Bonchev–Trinajstić information content (AvgIpc) is 3.39. The number of aromatic nitrogens is 5. The van der Waals surface area contributed by atoms with Crippen molar-refractivity contribution in [1.82, 2.24) is 24.7 Å². The van der Waals surface area contributed by atoms with Crippen molar-refractivity contribution in [1.29, 1.82) is 0 Å². The number of aromatic amines is 1. The van der Waals surface area contributed by atoms with Crippen LogP contribution in [0.25, 0.3) is 33.4 Å². The van der Waals surface area contributed by atoms with Gasteiger partial charge in [0.15, 0.2) is 5.82 Å². The smallest absolute Gasteiger partial charge is 0.161 e. The molecule has 0 saturated carbocycles. The summed E-state index contributed by atoms with van der Waals surface area (Å²) in [6.07, 6.45) is 7.52. The van der Waals surface area contributed by atoms with Crippen molar-refractivity contribution < 1.29 is 0 Å². The van der Waals surface area contributed by atoms with Crippen LogP contribution in [0, 0.1) is 0 Å². The number of hydrogen-bond acceptors (Lipinski definition) is 4. The summed E-state index contributed by atoms with van der Waals surface area (Å²) in [5.74, 6) is 1.45. The highest BCUT2D eigenvalue weighted by atomic mass is 15.1. The molecule has 0 atom stereocenters. The van der Waals surface area contributed by atoms with Crippen molar-refractivity contribution in [2.75, 3.05) is 5.32 Å². The van der Waals surface area contributed by atoms with E-state index in [1.807, 2.05) is 37.6 Å².